The first-order chi connectivity index (χ1) is 10.7. The molecule has 6 heteroatoms. The summed E-state index contributed by atoms with van der Waals surface area (Å²) in [7, 11) is 0. The molecule has 2 aliphatic heterocycles. The van der Waals surface area contributed by atoms with Crippen LogP contribution in [0.1, 0.15) is 17.4 Å². The SMILES string of the molecule is CC(=O)Nc1sc2c(c1-c1ccc3c(c1)OCO3)CCNC2. The number of carbonyl (C=O) groups excluding carboxylic acids is 1. The Hall–Kier alpha value is -2.05. The van der Waals surface area contributed by atoms with E-state index in [2.05, 4.69) is 10.6 Å². The number of hydrogen-bond donors (Lipinski definition) is 2. The molecule has 5 nitrogen and oxygen atoms in total. The maximum Gasteiger partial charge on any atom is 0.231 e. The van der Waals surface area contributed by atoms with Crippen LogP contribution < -0.4 is 20.1 Å². The molecule has 0 spiro atoms. The Morgan fingerprint density at radius 1 is 1.32 bits per heavy atom. The first-order valence-corrected chi connectivity index (χ1v) is 8.07. The summed E-state index contributed by atoms with van der Waals surface area (Å²) < 4.78 is 10.9. The number of rotatable bonds is 2. The molecule has 2 N–H and O–H groups in total. The van der Waals surface area contributed by atoms with Gasteiger partial charge < -0.3 is 20.1 Å². The van der Waals surface area contributed by atoms with Crippen molar-refractivity contribution >= 4 is 22.2 Å². The second-order valence-electron chi connectivity index (χ2n) is 5.38. The summed E-state index contributed by atoms with van der Waals surface area (Å²) in [5, 5.41) is 7.27. The molecule has 1 aromatic heterocycles. The van der Waals surface area contributed by atoms with Crippen molar-refractivity contribution in [3.05, 3.63) is 28.6 Å². The van der Waals surface area contributed by atoms with Crippen molar-refractivity contribution in [3.63, 3.8) is 0 Å². The number of benzene rings is 1. The molecule has 4 rings (SSSR count). The number of amides is 1. The number of thiophene rings is 1. The Balaban J connectivity index is 1.85. The van der Waals surface area contributed by atoms with Crippen molar-refractivity contribution < 1.29 is 14.3 Å². The van der Waals surface area contributed by atoms with Gasteiger partial charge in [0.2, 0.25) is 12.7 Å². The van der Waals surface area contributed by atoms with Crippen molar-refractivity contribution in [2.45, 2.75) is 19.9 Å². The Bertz CT molecular complexity index is 754. The lowest BCUT2D eigenvalue weighted by Gasteiger charge is -2.15. The zero-order valence-electron chi connectivity index (χ0n) is 12.2. The van der Waals surface area contributed by atoms with Gasteiger partial charge >= 0.3 is 0 Å². The van der Waals surface area contributed by atoms with E-state index in [0.29, 0.717) is 0 Å². The van der Waals surface area contributed by atoms with E-state index in [0.717, 1.165) is 47.1 Å². The van der Waals surface area contributed by atoms with Gasteiger partial charge in [0.25, 0.3) is 0 Å². The summed E-state index contributed by atoms with van der Waals surface area (Å²) in [5.74, 6) is 1.49. The van der Waals surface area contributed by atoms with Gasteiger partial charge in [-0.3, -0.25) is 4.79 Å². The number of hydrogen-bond acceptors (Lipinski definition) is 5. The van der Waals surface area contributed by atoms with E-state index in [-0.39, 0.29) is 12.7 Å². The fourth-order valence-electron chi connectivity index (χ4n) is 2.94. The van der Waals surface area contributed by atoms with Gasteiger partial charge in [0.1, 0.15) is 5.00 Å². The fourth-order valence-corrected chi connectivity index (χ4v) is 4.23. The molecule has 22 heavy (non-hydrogen) atoms. The van der Waals surface area contributed by atoms with Crippen LogP contribution in [0.4, 0.5) is 5.00 Å². The fraction of sp³-hybridized carbons (Fsp3) is 0.312. The second kappa shape index (κ2) is 5.30. The van der Waals surface area contributed by atoms with Crippen LogP contribution in [0.5, 0.6) is 11.5 Å². The van der Waals surface area contributed by atoms with E-state index in [1.54, 1.807) is 18.3 Å². The topological polar surface area (TPSA) is 59.6 Å². The average Bonchev–Trinajstić information content (AvgIpc) is 3.09. The summed E-state index contributed by atoms with van der Waals surface area (Å²) in [4.78, 5) is 12.8. The lowest BCUT2D eigenvalue weighted by Crippen LogP contribution is -2.22. The zero-order chi connectivity index (χ0) is 15.1. The van der Waals surface area contributed by atoms with E-state index in [1.807, 2.05) is 18.2 Å². The Morgan fingerprint density at radius 2 is 2.18 bits per heavy atom. The minimum Gasteiger partial charge on any atom is -0.454 e. The molecule has 2 aliphatic rings. The summed E-state index contributed by atoms with van der Waals surface area (Å²) in [6, 6.07) is 5.96. The van der Waals surface area contributed by atoms with Crippen LogP contribution >= 0.6 is 11.3 Å². The van der Waals surface area contributed by atoms with Crippen LogP contribution in [0.25, 0.3) is 11.1 Å². The number of carbonyl (C=O) groups is 1. The van der Waals surface area contributed by atoms with Crippen LogP contribution in [-0.2, 0) is 17.8 Å². The van der Waals surface area contributed by atoms with Crippen molar-refractivity contribution in [2.75, 3.05) is 18.7 Å². The molecule has 114 valence electrons. The molecule has 0 fully saturated rings. The quantitative estimate of drug-likeness (QED) is 0.894. The molecule has 0 atom stereocenters. The van der Waals surface area contributed by atoms with E-state index in [1.165, 1.54) is 10.4 Å². The van der Waals surface area contributed by atoms with Gasteiger partial charge in [0.05, 0.1) is 0 Å². The molecular formula is C16H16N2O3S. The van der Waals surface area contributed by atoms with Gasteiger partial charge in [0, 0.05) is 23.9 Å². The van der Waals surface area contributed by atoms with Crippen molar-refractivity contribution in [2.24, 2.45) is 0 Å². The van der Waals surface area contributed by atoms with Gasteiger partial charge in [-0.1, -0.05) is 6.07 Å². The highest BCUT2D eigenvalue weighted by molar-refractivity contribution is 7.17. The largest absolute Gasteiger partial charge is 0.454 e. The van der Waals surface area contributed by atoms with Crippen molar-refractivity contribution in [1.29, 1.82) is 0 Å². The molecule has 0 bridgehead atoms. The third-order valence-corrected chi connectivity index (χ3v) is 5.03. The average molecular weight is 316 g/mol. The van der Waals surface area contributed by atoms with Crippen molar-refractivity contribution in [1.82, 2.24) is 5.32 Å². The molecule has 0 aliphatic carbocycles. The minimum absolute atomic E-state index is 0.0476. The maximum atomic E-state index is 11.5. The molecular weight excluding hydrogens is 300 g/mol. The Kier molecular flexibility index (Phi) is 3.28. The Labute approximate surface area is 132 Å². The van der Waals surface area contributed by atoms with E-state index < -0.39 is 0 Å². The maximum absolute atomic E-state index is 11.5. The highest BCUT2D eigenvalue weighted by atomic mass is 32.1. The van der Waals surface area contributed by atoms with Gasteiger partial charge in [-0.2, -0.15) is 0 Å². The summed E-state index contributed by atoms with van der Waals surface area (Å²) in [6.07, 6.45) is 0.967. The third kappa shape index (κ3) is 2.24. The molecule has 1 aromatic carbocycles. The highest BCUT2D eigenvalue weighted by Gasteiger charge is 2.24. The van der Waals surface area contributed by atoms with Crippen LogP contribution in [0.15, 0.2) is 18.2 Å². The standard InChI is InChI=1S/C16H16N2O3S/c1-9(19)18-16-15(11-4-5-17-7-14(11)22-16)10-2-3-12-13(6-10)21-8-20-12/h2-3,6,17H,4-5,7-8H2,1H3,(H,18,19). The van der Waals surface area contributed by atoms with Crippen LogP contribution in [0.3, 0.4) is 0 Å². The summed E-state index contributed by atoms with van der Waals surface area (Å²) in [6.45, 7) is 3.63. The van der Waals surface area contributed by atoms with E-state index in [9.17, 15) is 4.79 Å². The monoisotopic (exact) mass is 316 g/mol. The molecule has 0 saturated heterocycles. The second-order valence-corrected chi connectivity index (χ2v) is 6.49. The van der Waals surface area contributed by atoms with Gasteiger partial charge in [-0.15, -0.1) is 11.3 Å². The zero-order valence-corrected chi connectivity index (χ0v) is 13.0. The number of ether oxygens (including phenoxy) is 2. The van der Waals surface area contributed by atoms with Gasteiger partial charge in [0.15, 0.2) is 11.5 Å². The Morgan fingerprint density at radius 3 is 3.05 bits per heavy atom. The number of nitrogens with one attached hydrogen (secondary N) is 2. The first-order valence-electron chi connectivity index (χ1n) is 7.25. The predicted octanol–water partition coefficient (Wildman–Crippen LogP) is 2.75. The third-order valence-electron chi connectivity index (χ3n) is 3.88. The highest BCUT2D eigenvalue weighted by Crippen LogP contribution is 2.45. The molecule has 3 heterocycles. The first kappa shape index (κ1) is 13.6. The van der Waals surface area contributed by atoms with Crippen LogP contribution in [0.2, 0.25) is 0 Å². The summed E-state index contributed by atoms with van der Waals surface area (Å²) in [5.41, 5.74) is 3.51. The van der Waals surface area contributed by atoms with Crippen molar-refractivity contribution in [3.8, 4) is 22.6 Å². The lowest BCUT2D eigenvalue weighted by atomic mass is 9.97. The van der Waals surface area contributed by atoms with E-state index in [4.69, 9.17) is 9.47 Å². The molecule has 1 amide bonds. The van der Waals surface area contributed by atoms with Gasteiger partial charge in [-0.25, -0.2) is 0 Å². The number of anilines is 1. The van der Waals surface area contributed by atoms with Gasteiger partial charge in [-0.05, 0) is 36.2 Å². The minimum atomic E-state index is -0.0476. The van der Waals surface area contributed by atoms with E-state index >= 15 is 0 Å². The molecule has 2 aromatic rings. The van der Waals surface area contributed by atoms with Crippen LogP contribution in [0, 0.1) is 0 Å². The molecule has 0 unspecified atom stereocenters. The normalized spacial score (nSPS) is 15.5. The smallest absolute Gasteiger partial charge is 0.231 e. The lowest BCUT2D eigenvalue weighted by molar-refractivity contribution is -0.114. The predicted molar refractivity (Wildman–Crippen MR) is 85.6 cm³/mol. The molecule has 0 saturated carbocycles. The summed E-state index contributed by atoms with van der Waals surface area (Å²) >= 11 is 1.65. The molecule has 0 radical (unpaired) electrons. The number of fused-ring (bicyclic) bond motifs is 2. The van der Waals surface area contributed by atoms with Crippen LogP contribution in [-0.4, -0.2) is 19.2 Å².